The van der Waals surface area contributed by atoms with Gasteiger partial charge < -0.3 is 0 Å². The van der Waals surface area contributed by atoms with E-state index in [0.717, 1.165) is 12.8 Å². The van der Waals surface area contributed by atoms with Gasteiger partial charge in [0.25, 0.3) is 0 Å². The molecule has 2 aliphatic carbocycles. The number of carbonyl (C=O) groups is 1. The monoisotopic (exact) mass is 293 g/mol. The molecule has 4 heteroatoms. The van der Waals surface area contributed by atoms with Gasteiger partial charge >= 0.3 is 0 Å². The van der Waals surface area contributed by atoms with Gasteiger partial charge in [0.2, 0.25) is 0 Å². The maximum atomic E-state index is 12.5. The van der Waals surface area contributed by atoms with E-state index in [0.29, 0.717) is 27.4 Å². The predicted octanol–water partition coefficient (Wildman–Crippen LogP) is 4.22. The standard InChI is InChI=1S/C15H13Cl2NO/c16-8-4-5-9(13(17)6-8)12(7-18)15(19)14-10-2-1-3-11(10)14/h4-6,10-12,14H,1-3H2. The first-order chi connectivity index (χ1) is 9.13. The zero-order valence-corrected chi connectivity index (χ0v) is 11.8. The topological polar surface area (TPSA) is 40.9 Å². The maximum Gasteiger partial charge on any atom is 0.158 e. The Morgan fingerprint density at radius 1 is 1.32 bits per heavy atom. The van der Waals surface area contributed by atoms with Crippen LogP contribution in [0.3, 0.4) is 0 Å². The lowest BCUT2D eigenvalue weighted by atomic mass is 9.91. The van der Waals surface area contributed by atoms with Gasteiger partial charge in [0.15, 0.2) is 5.78 Å². The van der Waals surface area contributed by atoms with Crippen molar-refractivity contribution in [3.8, 4) is 6.07 Å². The van der Waals surface area contributed by atoms with Crippen LogP contribution in [0.2, 0.25) is 10.0 Å². The summed E-state index contributed by atoms with van der Waals surface area (Å²) in [6, 6.07) is 7.06. The molecule has 3 rings (SSSR count). The van der Waals surface area contributed by atoms with Crippen molar-refractivity contribution < 1.29 is 4.79 Å². The van der Waals surface area contributed by atoms with Gasteiger partial charge in [0.1, 0.15) is 5.92 Å². The Morgan fingerprint density at radius 2 is 2.00 bits per heavy atom. The second-order valence-corrected chi connectivity index (χ2v) is 6.26. The number of hydrogen-bond donors (Lipinski definition) is 0. The molecule has 0 heterocycles. The van der Waals surface area contributed by atoms with Crippen LogP contribution in [-0.4, -0.2) is 5.78 Å². The van der Waals surface area contributed by atoms with E-state index in [4.69, 9.17) is 23.2 Å². The number of halogens is 2. The third-order valence-corrected chi connectivity index (χ3v) is 4.98. The van der Waals surface area contributed by atoms with Crippen LogP contribution in [0, 0.1) is 29.1 Å². The van der Waals surface area contributed by atoms with Crippen molar-refractivity contribution >= 4 is 29.0 Å². The van der Waals surface area contributed by atoms with Crippen LogP contribution < -0.4 is 0 Å². The van der Waals surface area contributed by atoms with Crippen LogP contribution in [-0.2, 0) is 4.79 Å². The molecular weight excluding hydrogens is 281 g/mol. The molecule has 0 saturated heterocycles. The number of hydrogen-bond acceptors (Lipinski definition) is 2. The Kier molecular flexibility index (Phi) is 3.28. The molecule has 0 aromatic heterocycles. The molecule has 98 valence electrons. The zero-order valence-electron chi connectivity index (χ0n) is 10.3. The van der Waals surface area contributed by atoms with Crippen molar-refractivity contribution in [2.45, 2.75) is 25.2 Å². The second kappa shape index (κ2) is 4.81. The van der Waals surface area contributed by atoms with E-state index in [-0.39, 0.29) is 11.7 Å². The smallest absolute Gasteiger partial charge is 0.158 e. The molecule has 2 aliphatic rings. The van der Waals surface area contributed by atoms with Gasteiger partial charge in [-0.2, -0.15) is 5.26 Å². The van der Waals surface area contributed by atoms with Crippen molar-refractivity contribution in [2.24, 2.45) is 17.8 Å². The molecule has 0 amide bonds. The molecule has 2 nitrogen and oxygen atoms in total. The van der Waals surface area contributed by atoms with E-state index in [1.807, 2.05) is 0 Å². The fraction of sp³-hybridized carbons (Fsp3) is 0.467. The molecule has 1 aromatic carbocycles. The number of carbonyl (C=O) groups excluding carboxylic acids is 1. The van der Waals surface area contributed by atoms with E-state index in [1.54, 1.807) is 18.2 Å². The fourth-order valence-corrected chi connectivity index (χ4v) is 3.98. The van der Waals surface area contributed by atoms with Gasteiger partial charge in [-0.1, -0.05) is 35.7 Å². The number of ketones is 1. The number of benzene rings is 1. The minimum absolute atomic E-state index is 0.0430. The lowest BCUT2D eigenvalue weighted by molar-refractivity contribution is -0.121. The SMILES string of the molecule is N#CC(C(=O)C1C2CCCC21)c1ccc(Cl)cc1Cl. The summed E-state index contributed by atoms with van der Waals surface area (Å²) in [6.45, 7) is 0. The van der Waals surface area contributed by atoms with Gasteiger partial charge in [-0.25, -0.2) is 0 Å². The molecular formula is C15H13Cl2NO. The summed E-state index contributed by atoms with van der Waals surface area (Å²) in [6.07, 6.45) is 3.49. The van der Waals surface area contributed by atoms with Gasteiger partial charge in [-0.3, -0.25) is 4.79 Å². The molecule has 0 radical (unpaired) electrons. The quantitative estimate of drug-likeness (QED) is 0.837. The summed E-state index contributed by atoms with van der Waals surface area (Å²) in [5, 5.41) is 10.2. The predicted molar refractivity (Wildman–Crippen MR) is 74.1 cm³/mol. The minimum Gasteiger partial charge on any atom is -0.298 e. The number of nitriles is 1. The van der Waals surface area contributed by atoms with Crippen LogP contribution in [0.1, 0.15) is 30.7 Å². The Morgan fingerprint density at radius 3 is 2.58 bits per heavy atom. The highest BCUT2D eigenvalue weighted by Gasteiger charge is 2.57. The lowest BCUT2D eigenvalue weighted by Crippen LogP contribution is -2.16. The van der Waals surface area contributed by atoms with Crippen LogP contribution in [0.25, 0.3) is 0 Å². The molecule has 19 heavy (non-hydrogen) atoms. The summed E-state index contributed by atoms with van der Waals surface area (Å²) >= 11 is 11.9. The average molecular weight is 294 g/mol. The number of Topliss-reactive ketones (excluding diaryl/α,β-unsaturated/α-hetero) is 1. The highest BCUT2D eigenvalue weighted by molar-refractivity contribution is 6.35. The van der Waals surface area contributed by atoms with Gasteiger partial charge in [0.05, 0.1) is 6.07 Å². The van der Waals surface area contributed by atoms with Crippen molar-refractivity contribution in [2.75, 3.05) is 0 Å². The fourth-order valence-electron chi connectivity index (χ4n) is 3.46. The Bertz CT molecular complexity index is 568. The summed E-state index contributed by atoms with van der Waals surface area (Å²) in [5.74, 6) is 0.427. The van der Waals surface area contributed by atoms with Crippen molar-refractivity contribution in [1.29, 1.82) is 5.26 Å². The van der Waals surface area contributed by atoms with E-state index in [9.17, 15) is 10.1 Å². The van der Waals surface area contributed by atoms with Crippen LogP contribution in [0.4, 0.5) is 0 Å². The maximum absolute atomic E-state index is 12.5. The summed E-state index contributed by atoms with van der Waals surface area (Å²) < 4.78 is 0. The number of nitrogens with zero attached hydrogens (tertiary/aromatic N) is 1. The Balaban J connectivity index is 1.85. The third-order valence-electron chi connectivity index (χ3n) is 4.42. The molecule has 0 spiro atoms. The van der Waals surface area contributed by atoms with Gasteiger partial charge in [-0.05, 0) is 42.4 Å². The molecule has 0 bridgehead atoms. The number of fused-ring (bicyclic) bond motifs is 1. The summed E-state index contributed by atoms with van der Waals surface area (Å²) in [4.78, 5) is 12.5. The first-order valence-corrected chi connectivity index (χ1v) is 7.27. The zero-order chi connectivity index (χ0) is 13.6. The molecule has 0 N–H and O–H groups in total. The van der Waals surface area contributed by atoms with Crippen molar-refractivity contribution in [1.82, 2.24) is 0 Å². The van der Waals surface area contributed by atoms with E-state index in [1.165, 1.54) is 6.42 Å². The van der Waals surface area contributed by atoms with E-state index >= 15 is 0 Å². The van der Waals surface area contributed by atoms with Crippen LogP contribution >= 0.6 is 23.2 Å². The first kappa shape index (κ1) is 13.0. The normalized spacial score (nSPS) is 29.4. The van der Waals surface area contributed by atoms with Crippen molar-refractivity contribution in [3.63, 3.8) is 0 Å². The number of rotatable bonds is 3. The molecule has 1 aromatic rings. The summed E-state index contributed by atoms with van der Waals surface area (Å²) in [7, 11) is 0. The third kappa shape index (κ3) is 2.16. The molecule has 0 aliphatic heterocycles. The van der Waals surface area contributed by atoms with Gasteiger partial charge in [-0.15, -0.1) is 0 Å². The highest BCUT2D eigenvalue weighted by Crippen LogP contribution is 2.59. The Labute approximate surface area is 122 Å². The molecule has 2 fully saturated rings. The van der Waals surface area contributed by atoms with E-state index < -0.39 is 5.92 Å². The van der Waals surface area contributed by atoms with Crippen molar-refractivity contribution in [3.05, 3.63) is 33.8 Å². The second-order valence-electron chi connectivity index (χ2n) is 5.41. The largest absolute Gasteiger partial charge is 0.298 e. The highest BCUT2D eigenvalue weighted by atomic mass is 35.5. The minimum atomic E-state index is -0.750. The average Bonchev–Trinajstić information content (AvgIpc) is 2.86. The van der Waals surface area contributed by atoms with E-state index in [2.05, 4.69) is 6.07 Å². The van der Waals surface area contributed by atoms with Crippen LogP contribution in [0.15, 0.2) is 18.2 Å². The molecule has 2 saturated carbocycles. The van der Waals surface area contributed by atoms with Gasteiger partial charge in [0, 0.05) is 16.0 Å². The Hall–Kier alpha value is -1.04. The molecule has 3 atom stereocenters. The first-order valence-electron chi connectivity index (χ1n) is 6.51. The van der Waals surface area contributed by atoms with Crippen LogP contribution in [0.5, 0.6) is 0 Å². The lowest BCUT2D eigenvalue weighted by Gasteiger charge is -2.11. The summed E-state index contributed by atoms with van der Waals surface area (Å²) in [5.41, 5.74) is 0.587. The molecule has 3 unspecified atom stereocenters.